The van der Waals surface area contributed by atoms with E-state index in [2.05, 4.69) is 10.3 Å². The number of likely N-dealkylation sites (tertiary alicyclic amines) is 1. The van der Waals surface area contributed by atoms with Gasteiger partial charge in [-0.15, -0.1) is 0 Å². The van der Waals surface area contributed by atoms with Gasteiger partial charge in [0.2, 0.25) is 5.91 Å². The highest BCUT2D eigenvalue weighted by Gasteiger charge is 2.31. The molecule has 2 heterocycles. The number of nitrogens with zero attached hydrogens (tertiary/aromatic N) is 3. The molecule has 1 atom stereocenters. The lowest BCUT2D eigenvalue weighted by molar-refractivity contribution is -0.130. The maximum Gasteiger partial charge on any atom is 0.254 e. The summed E-state index contributed by atoms with van der Waals surface area (Å²) in [6.07, 6.45) is 2.46. The second kappa shape index (κ2) is 6.56. The molecule has 6 nitrogen and oxygen atoms in total. The lowest BCUT2D eigenvalue weighted by Crippen LogP contribution is -2.41. The van der Waals surface area contributed by atoms with Gasteiger partial charge in [0.05, 0.1) is 6.04 Å². The van der Waals surface area contributed by atoms with Crippen molar-refractivity contribution in [3.63, 3.8) is 0 Å². The number of pyridine rings is 1. The smallest absolute Gasteiger partial charge is 0.254 e. The lowest BCUT2D eigenvalue weighted by Gasteiger charge is -2.26. The van der Waals surface area contributed by atoms with E-state index in [9.17, 15) is 9.59 Å². The van der Waals surface area contributed by atoms with Crippen molar-refractivity contribution in [3.05, 3.63) is 23.9 Å². The van der Waals surface area contributed by atoms with Crippen LogP contribution >= 0.6 is 0 Å². The van der Waals surface area contributed by atoms with E-state index in [1.807, 2.05) is 16.7 Å². The molecule has 1 aliphatic rings. The van der Waals surface area contributed by atoms with Crippen LogP contribution in [0.4, 0.5) is 5.82 Å². The summed E-state index contributed by atoms with van der Waals surface area (Å²) in [5, 5.41) is 2.93. The first-order valence-corrected chi connectivity index (χ1v) is 7.27. The summed E-state index contributed by atoms with van der Waals surface area (Å²) in [5.74, 6) is 0.740. The topological polar surface area (TPSA) is 65.5 Å². The molecular formula is C15H22N4O2. The molecule has 0 bridgehead atoms. The summed E-state index contributed by atoms with van der Waals surface area (Å²) < 4.78 is 0. The van der Waals surface area contributed by atoms with Crippen LogP contribution in [0.2, 0.25) is 0 Å². The molecule has 1 aliphatic heterocycles. The van der Waals surface area contributed by atoms with Crippen molar-refractivity contribution < 1.29 is 9.59 Å². The Hall–Kier alpha value is -2.11. The molecule has 1 aromatic heterocycles. The van der Waals surface area contributed by atoms with Gasteiger partial charge in [-0.1, -0.05) is 0 Å². The number of amides is 2. The Balaban J connectivity index is 2.06. The molecule has 21 heavy (non-hydrogen) atoms. The van der Waals surface area contributed by atoms with Gasteiger partial charge in [-0.2, -0.15) is 0 Å². The van der Waals surface area contributed by atoms with Crippen LogP contribution in [-0.2, 0) is 4.79 Å². The molecule has 0 unspecified atom stereocenters. The molecule has 1 aromatic rings. The molecule has 1 N–H and O–H groups in total. The van der Waals surface area contributed by atoms with E-state index in [1.54, 1.807) is 32.3 Å². The van der Waals surface area contributed by atoms with Gasteiger partial charge in [-0.05, 0) is 25.5 Å². The normalized spacial score (nSPS) is 17.7. The van der Waals surface area contributed by atoms with Crippen LogP contribution in [-0.4, -0.2) is 59.3 Å². The average Bonchev–Trinajstić information content (AvgIpc) is 2.96. The minimum atomic E-state index is -0.00370. The molecule has 0 radical (unpaired) electrons. The van der Waals surface area contributed by atoms with E-state index in [0.29, 0.717) is 31.0 Å². The summed E-state index contributed by atoms with van der Waals surface area (Å²) in [7, 11) is 1.77. The first kappa shape index (κ1) is 15.3. The zero-order valence-corrected chi connectivity index (χ0v) is 12.8. The number of carbonyl (C=O) groups excluding carboxylic acids is 2. The van der Waals surface area contributed by atoms with Crippen LogP contribution in [0.25, 0.3) is 0 Å². The van der Waals surface area contributed by atoms with Crippen LogP contribution in [0.1, 0.15) is 30.6 Å². The number of rotatable bonds is 4. The van der Waals surface area contributed by atoms with Gasteiger partial charge in [-0.3, -0.25) is 9.59 Å². The number of hydrogen-bond acceptors (Lipinski definition) is 4. The van der Waals surface area contributed by atoms with Gasteiger partial charge in [0.15, 0.2) is 0 Å². The van der Waals surface area contributed by atoms with Crippen molar-refractivity contribution in [3.8, 4) is 0 Å². The Morgan fingerprint density at radius 1 is 1.52 bits per heavy atom. The van der Waals surface area contributed by atoms with Gasteiger partial charge in [0.25, 0.3) is 5.91 Å². The van der Waals surface area contributed by atoms with Gasteiger partial charge in [-0.25, -0.2) is 4.98 Å². The largest absolute Gasteiger partial charge is 0.373 e. The minimum Gasteiger partial charge on any atom is -0.373 e. The third-order valence-electron chi connectivity index (χ3n) is 3.90. The molecule has 114 valence electrons. The van der Waals surface area contributed by atoms with Crippen molar-refractivity contribution in [1.29, 1.82) is 0 Å². The number of anilines is 1. The van der Waals surface area contributed by atoms with Crippen LogP contribution in [0.5, 0.6) is 0 Å². The monoisotopic (exact) mass is 290 g/mol. The fourth-order valence-electron chi connectivity index (χ4n) is 2.80. The number of nitrogens with one attached hydrogen (secondary N) is 1. The first-order valence-electron chi connectivity index (χ1n) is 7.27. The highest BCUT2D eigenvalue weighted by molar-refractivity contribution is 5.95. The van der Waals surface area contributed by atoms with E-state index in [-0.39, 0.29) is 17.9 Å². The molecule has 1 fully saturated rings. The lowest BCUT2D eigenvalue weighted by atomic mass is 10.2. The molecule has 0 aliphatic carbocycles. The Kier molecular flexibility index (Phi) is 4.77. The van der Waals surface area contributed by atoms with Gasteiger partial charge < -0.3 is 15.1 Å². The number of likely N-dealkylation sites (N-methyl/N-ethyl adjacent to an activating group) is 1. The van der Waals surface area contributed by atoms with Gasteiger partial charge >= 0.3 is 0 Å². The molecule has 2 rings (SSSR count). The van der Waals surface area contributed by atoms with Crippen molar-refractivity contribution in [2.75, 3.05) is 32.0 Å². The standard InChI is InChI=1S/C15H22N4O2/c1-4-19(11(2)20)13-6-8-18(10-13)15(21)12-5-7-17-14(9-12)16-3/h5,7,9,13H,4,6,8,10H2,1-3H3,(H,16,17)/t13-/m1/s1. The quantitative estimate of drug-likeness (QED) is 0.905. The van der Waals surface area contributed by atoms with Crippen molar-refractivity contribution in [1.82, 2.24) is 14.8 Å². The van der Waals surface area contributed by atoms with E-state index < -0.39 is 0 Å². The molecular weight excluding hydrogens is 268 g/mol. The Bertz CT molecular complexity index is 532. The second-order valence-corrected chi connectivity index (χ2v) is 5.18. The van der Waals surface area contributed by atoms with Crippen LogP contribution < -0.4 is 5.32 Å². The van der Waals surface area contributed by atoms with E-state index in [0.717, 1.165) is 6.42 Å². The Labute approximate surface area is 125 Å². The first-order chi connectivity index (χ1) is 10.1. The maximum atomic E-state index is 12.5. The predicted molar refractivity (Wildman–Crippen MR) is 81.2 cm³/mol. The molecule has 1 saturated heterocycles. The number of carbonyl (C=O) groups is 2. The van der Waals surface area contributed by atoms with E-state index in [4.69, 9.17) is 0 Å². The molecule has 2 amide bonds. The summed E-state index contributed by atoms with van der Waals surface area (Å²) in [4.78, 5) is 31.9. The average molecular weight is 290 g/mol. The van der Waals surface area contributed by atoms with E-state index in [1.165, 1.54) is 0 Å². The van der Waals surface area contributed by atoms with Crippen LogP contribution in [0.15, 0.2) is 18.3 Å². The summed E-state index contributed by atoms with van der Waals surface area (Å²) in [6, 6.07) is 3.60. The summed E-state index contributed by atoms with van der Waals surface area (Å²) >= 11 is 0. The molecule has 0 saturated carbocycles. The molecule has 0 aromatic carbocycles. The second-order valence-electron chi connectivity index (χ2n) is 5.18. The van der Waals surface area contributed by atoms with Gasteiger partial charge in [0, 0.05) is 45.4 Å². The maximum absolute atomic E-state index is 12.5. The molecule has 6 heteroatoms. The van der Waals surface area contributed by atoms with E-state index >= 15 is 0 Å². The summed E-state index contributed by atoms with van der Waals surface area (Å²) in [5.41, 5.74) is 0.626. The third-order valence-corrected chi connectivity index (χ3v) is 3.90. The predicted octanol–water partition coefficient (Wildman–Crippen LogP) is 1.21. The zero-order valence-electron chi connectivity index (χ0n) is 12.8. The SMILES string of the molecule is CCN(C(C)=O)[C@@H]1CCN(C(=O)c2ccnc(NC)c2)C1. The fraction of sp³-hybridized carbons (Fsp3) is 0.533. The Morgan fingerprint density at radius 3 is 2.90 bits per heavy atom. The van der Waals surface area contributed by atoms with Crippen molar-refractivity contribution in [2.24, 2.45) is 0 Å². The number of aromatic nitrogens is 1. The number of hydrogen-bond donors (Lipinski definition) is 1. The van der Waals surface area contributed by atoms with Crippen LogP contribution in [0.3, 0.4) is 0 Å². The summed E-state index contributed by atoms with van der Waals surface area (Å²) in [6.45, 7) is 5.51. The highest BCUT2D eigenvalue weighted by atomic mass is 16.2. The minimum absolute atomic E-state index is 0.00370. The Morgan fingerprint density at radius 2 is 2.29 bits per heavy atom. The highest BCUT2D eigenvalue weighted by Crippen LogP contribution is 2.19. The molecule has 0 spiro atoms. The van der Waals surface area contributed by atoms with Crippen molar-refractivity contribution in [2.45, 2.75) is 26.3 Å². The zero-order chi connectivity index (χ0) is 15.4. The third kappa shape index (κ3) is 3.32. The fourth-order valence-corrected chi connectivity index (χ4v) is 2.80. The van der Waals surface area contributed by atoms with Crippen LogP contribution in [0, 0.1) is 0 Å². The van der Waals surface area contributed by atoms with Gasteiger partial charge in [0.1, 0.15) is 5.82 Å². The van der Waals surface area contributed by atoms with Crippen molar-refractivity contribution >= 4 is 17.6 Å².